The van der Waals surface area contributed by atoms with E-state index in [1.807, 2.05) is 12.1 Å². The van der Waals surface area contributed by atoms with Gasteiger partial charge in [-0.2, -0.15) is 15.2 Å². The molecule has 5 heterocycles. The number of rotatable bonds is 4. The minimum atomic E-state index is -0.813. The maximum Gasteiger partial charge on any atom is 0.318 e. The molecule has 3 saturated heterocycles. The largest absolute Gasteiger partial charge is 0.461 e. The number of benzene rings is 1. The molecular formula is C31H38ClFN6O2. The Bertz CT molecular complexity index is 1390. The maximum atomic E-state index is 14.4. The Morgan fingerprint density at radius 3 is 2.93 bits per heavy atom. The first-order valence-corrected chi connectivity index (χ1v) is 15.5. The topological polar surface area (TPSA) is 101 Å². The number of nitriles is 1. The molecule has 10 heteroatoms. The highest BCUT2D eigenvalue weighted by Gasteiger charge is 2.50. The van der Waals surface area contributed by atoms with E-state index in [0.717, 1.165) is 99.2 Å². The van der Waals surface area contributed by atoms with Crippen molar-refractivity contribution in [1.82, 2.24) is 14.9 Å². The highest BCUT2D eigenvalue weighted by Crippen LogP contribution is 2.48. The molecule has 1 aliphatic carbocycles. The predicted octanol–water partition coefficient (Wildman–Crippen LogP) is 5.10. The second-order valence-corrected chi connectivity index (χ2v) is 13.1. The predicted molar refractivity (Wildman–Crippen MR) is 155 cm³/mol. The van der Waals surface area contributed by atoms with Crippen molar-refractivity contribution >= 4 is 23.1 Å². The zero-order valence-electron chi connectivity index (χ0n) is 23.5. The standard InChI is InChI=1S/C31H38ClFN6O2/c32-26-13-22(35)12-25-23(26)5-1-8-31(25)15-27-24(18-41-31)28(38-9-2-4-20(16-34)6-11-38)37-29(36-27)40-19-30-7-3-10-39(30)17-21(33)14-30/h12-13,20-21H,1-11,14-15,17-19,35H2/t20-,21+,30-,31?/m0/s1. The third kappa shape index (κ3) is 4.82. The second kappa shape index (κ2) is 10.6. The molecule has 1 unspecified atom stereocenters. The number of nitrogen functional groups attached to an aromatic ring is 1. The SMILES string of the molecule is N#C[C@H]1CCCN(c2nc(OC[C@@]34CCCN3C[C@H](F)C4)nc3c2COC2(CCCc4c(Cl)cc(N)cc42)C3)CC1. The van der Waals surface area contributed by atoms with Gasteiger partial charge in [0.2, 0.25) is 0 Å². The summed E-state index contributed by atoms with van der Waals surface area (Å²) in [6.45, 7) is 3.75. The molecule has 0 amide bonds. The summed E-state index contributed by atoms with van der Waals surface area (Å²) in [5.41, 5.74) is 10.2. The summed E-state index contributed by atoms with van der Waals surface area (Å²) in [6.07, 6.45) is 7.62. The van der Waals surface area contributed by atoms with Crippen LogP contribution in [0.2, 0.25) is 5.02 Å². The lowest BCUT2D eigenvalue weighted by Gasteiger charge is -2.43. The fourth-order valence-electron chi connectivity index (χ4n) is 8.07. The van der Waals surface area contributed by atoms with E-state index >= 15 is 0 Å². The quantitative estimate of drug-likeness (QED) is 0.499. The molecule has 4 atom stereocenters. The van der Waals surface area contributed by atoms with Crippen LogP contribution in [0.1, 0.15) is 73.8 Å². The summed E-state index contributed by atoms with van der Waals surface area (Å²) >= 11 is 6.66. The number of halogens is 2. The zero-order chi connectivity index (χ0) is 28.2. The highest BCUT2D eigenvalue weighted by atomic mass is 35.5. The van der Waals surface area contributed by atoms with Crippen molar-refractivity contribution in [3.63, 3.8) is 0 Å². The number of aromatic nitrogens is 2. The number of nitrogens with zero attached hydrogens (tertiary/aromatic N) is 5. The van der Waals surface area contributed by atoms with Gasteiger partial charge in [-0.15, -0.1) is 0 Å². The zero-order valence-corrected chi connectivity index (χ0v) is 24.3. The first-order valence-electron chi connectivity index (χ1n) is 15.2. The van der Waals surface area contributed by atoms with Crippen LogP contribution in [0.3, 0.4) is 0 Å². The number of hydrogen-bond donors (Lipinski definition) is 1. The van der Waals surface area contributed by atoms with Crippen molar-refractivity contribution in [3.05, 3.63) is 39.5 Å². The number of anilines is 2. The van der Waals surface area contributed by atoms with Crippen molar-refractivity contribution in [2.45, 2.75) is 88.1 Å². The Labute approximate surface area is 246 Å². The highest BCUT2D eigenvalue weighted by molar-refractivity contribution is 6.31. The number of alkyl halides is 1. The van der Waals surface area contributed by atoms with E-state index < -0.39 is 11.8 Å². The molecule has 0 radical (unpaired) electrons. The normalized spacial score (nSPS) is 31.3. The second-order valence-electron chi connectivity index (χ2n) is 12.7. The van der Waals surface area contributed by atoms with E-state index in [-0.39, 0.29) is 11.5 Å². The number of nitrogens with two attached hydrogens (primary N) is 1. The van der Waals surface area contributed by atoms with Gasteiger partial charge in [0.05, 0.1) is 29.5 Å². The number of fused-ring (bicyclic) bond motifs is 4. The molecule has 7 rings (SSSR count). The Kier molecular flexibility index (Phi) is 7.00. The lowest BCUT2D eigenvalue weighted by molar-refractivity contribution is -0.0855. The molecule has 5 aliphatic rings. The molecule has 8 nitrogen and oxygen atoms in total. The fraction of sp³-hybridized carbons (Fsp3) is 0.645. The summed E-state index contributed by atoms with van der Waals surface area (Å²) in [5, 5.41) is 10.2. The van der Waals surface area contributed by atoms with Gasteiger partial charge in [-0.1, -0.05) is 11.6 Å². The van der Waals surface area contributed by atoms with Crippen LogP contribution in [0.25, 0.3) is 0 Å². The van der Waals surface area contributed by atoms with E-state index in [4.69, 9.17) is 36.8 Å². The van der Waals surface area contributed by atoms with Crippen molar-refractivity contribution < 1.29 is 13.9 Å². The molecular weight excluding hydrogens is 543 g/mol. The molecule has 218 valence electrons. The lowest BCUT2D eigenvalue weighted by atomic mass is 9.74. The summed E-state index contributed by atoms with van der Waals surface area (Å²) in [5.74, 6) is 0.904. The van der Waals surface area contributed by atoms with Crippen LogP contribution in [0, 0.1) is 17.2 Å². The van der Waals surface area contributed by atoms with Gasteiger partial charge < -0.3 is 20.1 Å². The molecule has 41 heavy (non-hydrogen) atoms. The average Bonchev–Trinajstić information content (AvgIpc) is 3.36. The molecule has 2 aromatic rings. The number of hydrogen-bond acceptors (Lipinski definition) is 8. The van der Waals surface area contributed by atoms with Crippen LogP contribution >= 0.6 is 11.6 Å². The molecule has 3 fully saturated rings. The summed E-state index contributed by atoms with van der Waals surface area (Å²) in [6, 6.07) is 6.65. The van der Waals surface area contributed by atoms with Gasteiger partial charge in [0.25, 0.3) is 0 Å². The van der Waals surface area contributed by atoms with E-state index in [1.54, 1.807) is 0 Å². The first kappa shape index (κ1) is 27.2. The van der Waals surface area contributed by atoms with E-state index in [0.29, 0.717) is 49.3 Å². The minimum Gasteiger partial charge on any atom is -0.461 e. The van der Waals surface area contributed by atoms with Gasteiger partial charge in [-0.25, -0.2) is 4.39 Å². The monoisotopic (exact) mass is 580 g/mol. The van der Waals surface area contributed by atoms with Gasteiger partial charge in [0.15, 0.2) is 0 Å². The molecule has 1 aromatic heterocycles. The Morgan fingerprint density at radius 2 is 2.05 bits per heavy atom. The summed E-state index contributed by atoms with van der Waals surface area (Å²) < 4.78 is 27.6. The Morgan fingerprint density at radius 1 is 1.15 bits per heavy atom. The van der Waals surface area contributed by atoms with E-state index in [1.165, 1.54) is 0 Å². The number of ether oxygens (including phenoxy) is 2. The molecule has 1 aromatic carbocycles. The Hall–Kier alpha value is -2.67. The van der Waals surface area contributed by atoms with Gasteiger partial charge in [0, 0.05) is 54.7 Å². The van der Waals surface area contributed by atoms with Gasteiger partial charge in [-0.05, 0) is 81.2 Å². The van der Waals surface area contributed by atoms with Crippen LogP contribution in [0.5, 0.6) is 6.01 Å². The van der Waals surface area contributed by atoms with E-state index in [2.05, 4.69) is 15.9 Å². The van der Waals surface area contributed by atoms with Crippen molar-refractivity contribution in [3.8, 4) is 12.1 Å². The Balaban J connectivity index is 1.25. The average molecular weight is 581 g/mol. The van der Waals surface area contributed by atoms with Crippen LogP contribution in [-0.4, -0.2) is 59.4 Å². The maximum absolute atomic E-state index is 14.4. The van der Waals surface area contributed by atoms with Crippen LogP contribution in [0.4, 0.5) is 15.9 Å². The molecule has 2 N–H and O–H groups in total. The lowest BCUT2D eigenvalue weighted by Crippen LogP contribution is -2.44. The van der Waals surface area contributed by atoms with Crippen LogP contribution in [0.15, 0.2) is 12.1 Å². The molecule has 1 spiro atoms. The third-order valence-corrected chi connectivity index (χ3v) is 10.5. The molecule has 0 saturated carbocycles. The van der Waals surface area contributed by atoms with Gasteiger partial charge >= 0.3 is 6.01 Å². The van der Waals surface area contributed by atoms with E-state index in [9.17, 15) is 9.65 Å². The third-order valence-electron chi connectivity index (χ3n) is 10.2. The van der Waals surface area contributed by atoms with Gasteiger partial charge in [-0.3, -0.25) is 4.90 Å². The van der Waals surface area contributed by atoms with Crippen LogP contribution < -0.4 is 15.4 Å². The minimum absolute atomic E-state index is 0.0605. The summed E-state index contributed by atoms with van der Waals surface area (Å²) in [4.78, 5) is 14.5. The van der Waals surface area contributed by atoms with Gasteiger partial charge in [0.1, 0.15) is 18.6 Å². The fourth-order valence-corrected chi connectivity index (χ4v) is 8.39. The smallest absolute Gasteiger partial charge is 0.318 e. The van der Waals surface area contributed by atoms with Crippen molar-refractivity contribution in [1.29, 1.82) is 5.26 Å². The molecule has 4 aliphatic heterocycles. The molecule has 0 bridgehead atoms. The summed E-state index contributed by atoms with van der Waals surface area (Å²) in [7, 11) is 0. The van der Waals surface area contributed by atoms with Crippen molar-refractivity contribution in [2.75, 3.05) is 43.4 Å². The van der Waals surface area contributed by atoms with Crippen LogP contribution in [-0.2, 0) is 29.8 Å². The first-order chi connectivity index (χ1) is 19.9. The van der Waals surface area contributed by atoms with Crippen molar-refractivity contribution in [2.24, 2.45) is 5.92 Å².